The maximum absolute atomic E-state index is 4.91. The van der Waals surface area contributed by atoms with Crippen LogP contribution in [0, 0.1) is 6.92 Å². The van der Waals surface area contributed by atoms with E-state index in [1.807, 2.05) is 10.8 Å². The fourth-order valence-electron chi connectivity index (χ4n) is 1.93. The normalized spacial score (nSPS) is 10.8. The summed E-state index contributed by atoms with van der Waals surface area (Å²) in [6.07, 6.45) is 5.47. The van der Waals surface area contributed by atoms with Crippen LogP contribution in [0.1, 0.15) is 17.3 Å². The summed E-state index contributed by atoms with van der Waals surface area (Å²) >= 11 is 0. The van der Waals surface area contributed by atoms with E-state index in [-0.39, 0.29) is 0 Å². The van der Waals surface area contributed by atoms with Crippen LogP contribution in [0.25, 0.3) is 5.69 Å². The first kappa shape index (κ1) is 12.6. The van der Waals surface area contributed by atoms with E-state index in [1.54, 1.807) is 19.4 Å². The standard InChI is InChI=1S/C14H15N5O/c1-11-17-14(18-20-11)9-16-8-12-2-4-13(5-3-12)19-7-6-15-10-19/h2-7,10,16H,8-9H2,1H3. The first-order chi connectivity index (χ1) is 9.81. The zero-order valence-corrected chi connectivity index (χ0v) is 11.2. The lowest BCUT2D eigenvalue weighted by molar-refractivity contribution is 0.385. The van der Waals surface area contributed by atoms with Crippen LogP contribution in [0.2, 0.25) is 0 Å². The number of imidazole rings is 1. The molecule has 0 spiro atoms. The molecule has 3 rings (SSSR count). The highest BCUT2D eigenvalue weighted by Gasteiger charge is 2.01. The zero-order chi connectivity index (χ0) is 13.8. The average Bonchev–Trinajstić information content (AvgIpc) is 3.11. The van der Waals surface area contributed by atoms with Gasteiger partial charge in [-0.25, -0.2) is 4.98 Å². The van der Waals surface area contributed by atoms with Crippen molar-refractivity contribution >= 4 is 0 Å². The van der Waals surface area contributed by atoms with E-state index in [9.17, 15) is 0 Å². The Balaban J connectivity index is 1.56. The van der Waals surface area contributed by atoms with Crippen LogP contribution in [0.5, 0.6) is 0 Å². The van der Waals surface area contributed by atoms with Crippen LogP contribution in [-0.2, 0) is 13.1 Å². The van der Waals surface area contributed by atoms with E-state index in [0.29, 0.717) is 18.3 Å². The minimum atomic E-state index is 0.589. The third-order valence-electron chi connectivity index (χ3n) is 2.92. The van der Waals surface area contributed by atoms with E-state index >= 15 is 0 Å². The first-order valence-corrected chi connectivity index (χ1v) is 6.38. The van der Waals surface area contributed by atoms with Crippen molar-refractivity contribution in [2.24, 2.45) is 0 Å². The first-order valence-electron chi connectivity index (χ1n) is 6.38. The number of nitrogens with zero attached hydrogens (tertiary/aromatic N) is 4. The lowest BCUT2D eigenvalue weighted by Gasteiger charge is -2.05. The number of aryl methyl sites for hydroxylation is 1. The molecule has 20 heavy (non-hydrogen) atoms. The molecule has 0 fully saturated rings. The summed E-state index contributed by atoms with van der Waals surface area (Å²) in [5, 5.41) is 7.12. The molecular formula is C14H15N5O. The molecule has 6 nitrogen and oxygen atoms in total. The maximum Gasteiger partial charge on any atom is 0.223 e. The highest BCUT2D eigenvalue weighted by Crippen LogP contribution is 2.09. The second kappa shape index (κ2) is 5.66. The molecule has 2 aromatic heterocycles. The van der Waals surface area contributed by atoms with Gasteiger partial charge in [-0.1, -0.05) is 17.3 Å². The van der Waals surface area contributed by atoms with Crippen LogP contribution in [0.3, 0.4) is 0 Å². The van der Waals surface area contributed by atoms with Crippen molar-refractivity contribution in [3.8, 4) is 5.69 Å². The van der Waals surface area contributed by atoms with Crippen molar-refractivity contribution in [1.29, 1.82) is 0 Å². The van der Waals surface area contributed by atoms with Gasteiger partial charge in [0.15, 0.2) is 5.82 Å². The zero-order valence-electron chi connectivity index (χ0n) is 11.2. The van der Waals surface area contributed by atoms with Gasteiger partial charge in [-0.3, -0.25) is 0 Å². The molecule has 3 aromatic rings. The summed E-state index contributed by atoms with van der Waals surface area (Å²) in [6.45, 7) is 3.14. The number of rotatable bonds is 5. The van der Waals surface area contributed by atoms with Gasteiger partial charge in [-0.15, -0.1) is 0 Å². The minimum absolute atomic E-state index is 0.589. The molecule has 6 heteroatoms. The Morgan fingerprint density at radius 1 is 1.20 bits per heavy atom. The van der Waals surface area contributed by atoms with Crippen molar-refractivity contribution in [2.45, 2.75) is 20.0 Å². The predicted octanol–water partition coefficient (Wildman–Crippen LogP) is 1.85. The van der Waals surface area contributed by atoms with Gasteiger partial charge in [0.05, 0.1) is 12.9 Å². The molecule has 1 N–H and O–H groups in total. The van der Waals surface area contributed by atoms with E-state index in [4.69, 9.17) is 4.52 Å². The Labute approximate surface area is 116 Å². The lowest BCUT2D eigenvalue weighted by Crippen LogP contribution is -2.13. The largest absolute Gasteiger partial charge is 0.340 e. The van der Waals surface area contributed by atoms with Crippen LogP contribution in [0.4, 0.5) is 0 Å². The average molecular weight is 269 g/mol. The van der Waals surface area contributed by atoms with Crippen molar-refractivity contribution in [3.63, 3.8) is 0 Å². The van der Waals surface area contributed by atoms with Gasteiger partial charge in [0, 0.05) is 31.5 Å². The number of hydrogen-bond acceptors (Lipinski definition) is 5. The summed E-state index contributed by atoms with van der Waals surface area (Å²) < 4.78 is 6.89. The molecule has 0 saturated heterocycles. The van der Waals surface area contributed by atoms with Gasteiger partial charge in [0.25, 0.3) is 0 Å². The molecule has 0 radical (unpaired) electrons. The third kappa shape index (κ3) is 2.92. The lowest BCUT2D eigenvalue weighted by atomic mass is 10.2. The quantitative estimate of drug-likeness (QED) is 0.765. The van der Waals surface area contributed by atoms with Crippen molar-refractivity contribution < 1.29 is 4.52 Å². The summed E-state index contributed by atoms with van der Waals surface area (Å²) in [5.74, 6) is 1.27. The van der Waals surface area contributed by atoms with E-state index < -0.39 is 0 Å². The Kier molecular flexibility index (Phi) is 3.56. The van der Waals surface area contributed by atoms with Crippen LogP contribution in [-0.4, -0.2) is 19.7 Å². The maximum atomic E-state index is 4.91. The fourth-order valence-corrected chi connectivity index (χ4v) is 1.93. The van der Waals surface area contributed by atoms with Crippen molar-refractivity contribution in [2.75, 3.05) is 0 Å². The molecule has 1 aromatic carbocycles. The van der Waals surface area contributed by atoms with E-state index in [2.05, 4.69) is 44.7 Å². The Hall–Kier alpha value is -2.47. The van der Waals surface area contributed by atoms with Gasteiger partial charge in [-0.05, 0) is 17.7 Å². The Bertz CT molecular complexity index is 657. The molecule has 102 valence electrons. The van der Waals surface area contributed by atoms with E-state index in [1.165, 1.54) is 5.56 Å². The molecule has 2 heterocycles. The van der Waals surface area contributed by atoms with Crippen molar-refractivity contribution in [1.82, 2.24) is 25.0 Å². The van der Waals surface area contributed by atoms with Gasteiger partial charge < -0.3 is 14.4 Å². The topological polar surface area (TPSA) is 68.8 Å². The molecular weight excluding hydrogens is 254 g/mol. The second-order valence-electron chi connectivity index (χ2n) is 4.47. The molecule has 0 saturated carbocycles. The molecule has 0 aliphatic heterocycles. The molecule has 0 bridgehead atoms. The molecule has 0 aliphatic rings. The molecule has 0 atom stereocenters. The Morgan fingerprint density at radius 2 is 2.05 bits per heavy atom. The number of hydrogen-bond donors (Lipinski definition) is 1. The van der Waals surface area contributed by atoms with Gasteiger partial charge in [0.2, 0.25) is 5.89 Å². The SMILES string of the molecule is Cc1nc(CNCc2ccc(-n3ccnc3)cc2)no1. The van der Waals surface area contributed by atoms with Crippen molar-refractivity contribution in [3.05, 3.63) is 60.3 Å². The Morgan fingerprint density at radius 3 is 2.70 bits per heavy atom. The van der Waals surface area contributed by atoms with Crippen LogP contribution < -0.4 is 5.32 Å². The summed E-state index contributed by atoms with van der Waals surface area (Å²) in [6, 6.07) is 8.31. The highest BCUT2D eigenvalue weighted by molar-refractivity contribution is 5.34. The molecule has 0 unspecified atom stereocenters. The smallest absolute Gasteiger partial charge is 0.223 e. The molecule has 0 amide bonds. The molecule has 0 aliphatic carbocycles. The summed E-state index contributed by atoms with van der Waals surface area (Å²) in [5.41, 5.74) is 2.30. The summed E-state index contributed by atoms with van der Waals surface area (Å²) in [7, 11) is 0. The fraction of sp³-hybridized carbons (Fsp3) is 0.214. The van der Waals surface area contributed by atoms with Gasteiger partial charge >= 0.3 is 0 Å². The van der Waals surface area contributed by atoms with Crippen LogP contribution in [0.15, 0.2) is 47.5 Å². The second-order valence-corrected chi connectivity index (χ2v) is 4.47. The number of aromatic nitrogens is 4. The monoisotopic (exact) mass is 269 g/mol. The number of benzene rings is 1. The van der Waals surface area contributed by atoms with Gasteiger partial charge in [0.1, 0.15) is 0 Å². The number of nitrogens with one attached hydrogen (secondary N) is 1. The minimum Gasteiger partial charge on any atom is -0.340 e. The predicted molar refractivity (Wildman–Crippen MR) is 73.1 cm³/mol. The van der Waals surface area contributed by atoms with Crippen LogP contribution >= 0.6 is 0 Å². The third-order valence-corrected chi connectivity index (χ3v) is 2.92. The highest BCUT2D eigenvalue weighted by atomic mass is 16.5. The van der Waals surface area contributed by atoms with E-state index in [0.717, 1.165) is 12.2 Å². The summed E-state index contributed by atoms with van der Waals surface area (Å²) in [4.78, 5) is 8.17. The van der Waals surface area contributed by atoms with Gasteiger partial charge in [-0.2, -0.15) is 4.98 Å².